The van der Waals surface area contributed by atoms with Crippen molar-refractivity contribution in [1.29, 1.82) is 0 Å². The van der Waals surface area contributed by atoms with Crippen molar-refractivity contribution in [1.82, 2.24) is 29.7 Å². The van der Waals surface area contributed by atoms with Crippen LogP contribution < -0.4 is 5.32 Å². The fourth-order valence-electron chi connectivity index (χ4n) is 4.47. The van der Waals surface area contributed by atoms with E-state index in [9.17, 15) is 0 Å². The third kappa shape index (κ3) is 2.18. The van der Waals surface area contributed by atoms with Gasteiger partial charge in [0.1, 0.15) is 5.52 Å². The molecule has 0 aromatic carbocycles. The van der Waals surface area contributed by atoms with Gasteiger partial charge in [-0.25, -0.2) is 9.97 Å². The molecule has 0 aliphatic heterocycles. The summed E-state index contributed by atoms with van der Waals surface area (Å²) in [6, 6.07) is 0.567. The van der Waals surface area contributed by atoms with Crippen molar-refractivity contribution in [3.63, 3.8) is 0 Å². The van der Waals surface area contributed by atoms with Gasteiger partial charge in [-0.15, -0.1) is 0 Å². The fourth-order valence-corrected chi connectivity index (χ4v) is 4.47. The maximum atomic E-state index is 4.76. The lowest BCUT2D eigenvalue weighted by Crippen LogP contribution is -2.10. The van der Waals surface area contributed by atoms with Crippen molar-refractivity contribution in [2.75, 3.05) is 5.32 Å². The molecule has 128 valence electrons. The van der Waals surface area contributed by atoms with Crippen LogP contribution in [-0.2, 0) is 0 Å². The molecule has 7 nitrogen and oxygen atoms in total. The number of aromatic nitrogens is 6. The number of fused-ring (bicyclic) bond motifs is 2. The van der Waals surface area contributed by atoms with E-state index in [4.69, 9.17) is 4.98 Å². The van der Waals surface area contributed by atoms with Gasteiger partial charge in [-0.05, 0) is 50.9 Å². The quantitative estimate of drug-likeness (QED) is 0.763. The molecular weight excluding hydrogens is 314 g/mol. The van der Waals surface area contributed by atoms with Crippen LogP contribution in [0.15, 0.2) is 12.5 Å². The van der Waals surface area contributed by atoms with Crippen LogP contribution in [0, 0.1) is 18.8 Å². The predicted octanol–water partition coefficient (Wildman–Crippen LogP) is 3.45. The lowest BCUT2D eigenvalue weighted by molar-refractivity contribution is 0.418. The van der Waals surface area contributed by atoms with Gasteiger partial charge in [0.15, 0.2) is 5.65 Å². The van der Waals surface area contributed by atoms with E-state index in [-0.39, 0.29) is 0 Å². The first-order valence-corrected chi connectivity index (χ1v) is 9.28. The summed E-state index contributed by atoms with van der Waals surface area (Å²) in [7, 11) is 0. The second kappa shape index (κ2) is 4.80. The van der Waals surface area contributed by atoms with Crippen LogP contribution in [0.3, 0.4) is 0 Å². The molecule has 3 saturated carbocycles. The Labute approximate surface area is 145 Å². The summed E-state index contributed by atoms with van der Waals surface area (Å²) < 4.78 is 2.20. The summed E-state index contributed by atoms with van der Waals surface area (Å²) >= 11 is 0. The Hall–Kier alpha value is -2.44. The van der Waals surface area contributed by atoms with E-state index in [1.165, 1.54) is 37.8 Å². The minimum Gasteiger partial charge on any atom is -0.329 e. The van der Waals surface area contributed by atoms with E-state index < -0.39 is 0 Å². The number of nitrogens with one attached hydrogen (secondary N) is 2. The number of anilines is 2. The van der Waals surface area contributed by atoms with Crippen LogP contribution in [0.1, 0.15) is 55.5 Å². The first-order valence-electron chi connectivity index (χ1n) is 9.28. The van der Waals surface area contributed by atoms with Crippen molar-refractivity contribution < 1.29 is 0 Å². The maximum Gasteiger partial charge on any atom is 0.229 e. The smallest absolute Gasteiger partial charge is 0.229 e. The lowest BCUT2D eigenvalue weighted by atomic mass is 10.1. The highest BCUT2D eigenvalue weighted by molar-refractivity contribution is 5.76. The van der Waals surface area contributed by atoms with Crippen molar-refractivity contribution in [3.8, 4) is 0 Å². The van der Waals surface area contributed by atoms with Crippen molar-refractivity contribution in [3.05, 3.63) is 23.9 Å². The van der Waals surface area contributed by atoms with Crippen LogP contribution in [0.25, 0.3) is 11.2 Å². The van der Waals surface area contributed by atoms with Gasteiger partial charge in [0.2, 0.25) is 5.95 Å². The summed E-state index contributed by atoms with van der Waals surface area (Å²) in [4.78, 5) is 16.9. The largest absolute Gasteiger partial charge is 0.329 e. The van der Waals surface area contributed by atoms with Crippen molar-refractivity contribution in [2.24, 2.45) is 11.8 Å². The van der Waals surface area contributed by atoms with E-state index >= 15 is 0 Å². The van der Waals surface area contributed by atoms with Crippen LogP contribution >= 0.6 is 0 Å². The highest BCUT2D eigenvalue weighted by atomic mass is 15.3. The summed E-state index contributed by atoms with van der Waals surface area (Å²) in [5.41, 5.74) is 4.95. The molecule has 0 amide bonds. The molecule has 0 radical (unpaired) electrons. The van der Waals surface area contributed by atoms with E-state index in [0.717, 1.165) is 34.4 Å². The van der Waals surface area contributed by atoms with Crippen molar-refractivity contribution >= 4 is 22.8 Å². The first kappa shape index (κ1) is 13.8. The van der Waals surface area contributed by atoms with Crippen LogP contribution in [0.5, 0.6) is 0 Å². The van der Waals surface area contributed by atoms with Crippen LogP contribution in [0.4, 0.5) is 11.6 Å². The summed E-state index contributed by atoms with van der Waals surface area (Å²) in [5.74, 6) is 3.08. The van der Waals surface area contributed by atoms with Gasteiger partial charge in [-0.1, -0.05) is 0 Å². The number of hydrogen-bond donors (Lipinski definition) is 2. The predicted molar refractivity (Wildman–Crippen MR) is 93.8 cm³/mol. The SMILES string of the molecule is Cc1c(Nc2nc(C3CC3)c3nc[nH]c3n2)cnn1C1CC2CC2C1. The Kier molecular flexibility index (Phi) is 2.65. The second-order valence-electron chi connectivity index (χ2n) is 7.90. The minimum atomic E-state index is 0.531. The normalized spacial score (nSPS) is 27.6. The number of rotatable bonds is 4. The molecule has 6 rings (SSSR count). The average molecular weight is 335 g/mol. The molecule has 0 spiro atoms. The van der Waals surface area contributed by atoms with Gasteiger partial charge in [-0.3, -0.25) is 4.68 Å². The zero-order chi connectivity index (χ0) is 16.5. The summed E-state index contributed by atoms with van der Waals surface area (Å²) in [5, 5.41) is 8.04. The number of H-pyrrole nitrogens is 1. The molecule has 3 heterocycles. The molecule has 0 bridgehead atoms. The summed E-state index contributed by atoms with van der Waals surface area (Å²) in [6.45, 7) is 2.13. The maximum absolute atomic E-state index is 4.76. The number of nitrogens with zero attached hydrogens (tertiary/aromatic N) is 5. The van der Waals surface area contributed by atoms with E-state index in [1.54, 1.807) is 6.33 Å². The highest BCUT2D eigenvalue weighted by Gasteiger charge is 2.47. The van der Waals surface area contributed by atoms with Crippen molar-refractivity contribution in [2.45, 2.75) is 51.0 Å². The first-order chi connectivity index (χ1) is 12.3. The third-order valence-corrected chi connectivity index (χ3v) is 6.13. The fraction of sp³-hybridized carbons (Fsp3) is 0.556. The molecule has 3 aliphatic rings. The second-order valence-corrected chi connectivity index (χ2v) is 7.90. The molecule has 2 N–H and O–H groups in total. The third-order valence-electron chi connectivity index (χ3n) is 6.13. The molecule has 2 unspecified atom stereocenters. The van der Waals surface area contributed by atoms with Crippen LogP contribution in [-0.4, -0.2) is 29.7 Å². The highest BCUT2D eigenvalue weighted by Crippen LogP contribution is 2.56. The number of aromatic amines is 1. The Morgan fingerprint density at radius 1 is 1.16 bits per heavy atom. The molecule has 25 heavy (non-hydrogen) atoms. The number of hydrogen-bond acceptors (Lipinski definition) is 5. The van der Waals surface area contributed by atoms with Gasteiger partial charge in [0.05, 0.1) is 35.6 Å². The molecule has 0 saturated heterocycles. The van der Waals surface area contributed by atoms with E-state index in [2.05, 4.69) is 37.0 Å². The molecule has 3 aliphatic carbocycles. The number of imidazole rings is 1. The Morgan fingerprint density at radius 3 is 2.80 bits per heavy atom. The Balaban J connectivity index is 1.32. The van der Waals surface area contributed by atoms with Gasteiger partial charge < -0.3 is 10.3 Å². The van der Waals surface area contributed by atoms with Gasteiger partial charge in [0, 0.05) is 5.92 Å². The van der Waals surface area contributed by atoms with E-state index in [0.29, 0.717) is 17.9 Å². The molecule has 3 aromatic heterocycles. The molecule has 7 heteroatoms. The average Bonchev–Trinajstić information content (AvgIpc) is 3.46. The molecule has 3 fully saturated rings. The monoisotopic (exact) mass is 335 g/mol. The molecular formula is C18H21N7. The zero-order valence-corrected chi connectivity index (χ0v) is 14.2. The Bertz CT molecular complexity index is 957. The van der Waals surface area contributed by atoms with Gasteiger partial charge >= 0.3 is 0 Å². The zero-order valence-electron chi connectivity index (χ0n) is 14.2. The Morgan fingerprint density at radius 2 is 2.00 bits per heavy atom. The minimum absolute atomic E-state index is 0.531. The molecule has 3 aromatic rings. The van der Waals surface area contributed by atoms with Crippen LogP contribution in [0.2, 0.25) is 0 Å². The van der Waals surface area contributed by atoms with E-state index in [1.807, 2.05) is 6.20 Å². The topological polar surface area (TPSA) is 84.3 Å². The lowest BCUT2D eigenvalue weighted by Gasteiger charge is -2.15. The molecule has 2 atom stereocenters. The van der Waals surface area contributed by atoms with Gasteiger partial charge in [-0.2, -0.15) is 10.1 Å². The van der Waals surface area contributed by atoms with Gasteiger partial charge in [0.25, 0.3) is 0 Å². The summed E-state index contributed by atoms with van der Waals surface area (Å²) in [6.07, 6.45) is 10.0. The standard InChI is InChI=1S/C18H21N7/c1-9-14(7-21-25(9)13-5-11-4-12(11)6-13)22-18-23-15(10-2-3-10)16-17(24-18)20-8-19-16/h7-8,10-13H,2-6H2,1H3,(H2,19,20,22,23,24).